The predicted molar refractivity (Wildman–Crippen MR) is 52.3 cm³/mol. The van der Waals surface area contributed by atoms with Crippen LogP contribution in [0, 0.1) is 0 Å². The van der Waals surface area contributed by atoms with Crippen molar-refractivity contribution >= 4 is 12.0 Å². The summed E-state index contributed by atoms with van der Waals surface area (Å²) in [7, 11) is 0. The van der Waals surface area contributed by atoms with Crippen LogP contribution in [-0.2, 0) is 9.53 Å². The number of amides is 2. The van der Waals surface area contributed by atoms with Gasteiger partial charge in [-0.2, -0.15) is 0 Å². The molecule has 86 valence electrons. The Kier molecular flexibility index (Phi) is 4.36. The van der Waals surface area contributed by atoms with Gasteiger partial charge in [-0.05, 0) is 6.92 Å². The van der Waals surface area contributed by atoms with Gasteiger partial charge in [0, 0.05) is 26.2 Å². The van der Waals surface area contributed by atoms with Gasteiger partial charge in [0.2, 0.25) is 5.91 Å². The van der Waals surface area contributed by atoms with Gasteiger partial charge >= 0.3 is 6.09 Å². The van der Waals surface area contributed by atoms with Crippen LogP contribution in [0.3, 0.4) is 0 Å². The summed E-state index contributed by atoms with van der Waals surface area (Å²) in [6.07, 6.45) is -0.339. The second-order valence-corrected chi connectivity index (χ2v) is 3.22. The van der Waals surface area contributed by atoms with E-state index in [1.54, 1.807) is 11.8 Å². The smallest absolute Gasteiger partial charge is 0.409 e. The third kappa shape index (κ3) is 3.09. The fourth-order valence-electron chi connectivity index (χ4n) is 1.45. The molecule has 1 rings (SSSR count). The zero-order valence-corrected chi connectivity index (χ0v) is 8.81. The SMILES string of the molecule is CCOC(=O)N1CCN(C(=O)CO)CC1. The third-order valence-corrected chi connectivity index (χ3v) is 2.29. The molecule has 6 heteroatoms. The Morgan fingerprint density at radius 3 is 2.20 bits per heavy atom. The fraction of sp³-hybridized carbons (Fsp3) is 0.778. The van der Waals surface area contributed by atoms with Crippen LogP contribution in [0.4, 0.5) is 4.79 Å². The number of nitrogens with zero attached hydrogens (tertiary/aromatic N) is 2. The van der Waals surface area contributed by atoms with Crippen LogP contribution in [0.1, 0.15) is 6.92 Å². The highest BCUT2D eigenvalue weighted by Gasteiger charge is 2.23. The van der Waals surface area contributed by atoms with Gasteiger partial charge in [-0.25, -0.2) is 4.79 Å². The molecule has 0 bridgehead atoms. The van der Waals surface area contributed by atoms with Crippen LogP contribution in [0.2, 0.25) is 0 Å². The Bertz CT molecular complexity index is 236. The molecule has 1 heterocycles. The highest BCUT2D eigenvalue weighted by Crippen LogP contribution is 2.03. The molecule has 0 aliphatic carbocycles. The average Bonchev–Trinajstić information content (AvgIpc) is 2.28. The van der Waals surface area contributed by atoms with Crippen molar-refractivity contribution in [3.05, 3.63) is 0 Å². The molecule has 0 aromatic carbocycles. The van der Waals surface area contributed by atoms with Gasteiger partial charge in [-0.3, -0.25) is 4.79 Å². The Balaban J connectivity index is 2.35. The Labute approximate surface area is 88.4 Å². The molecule has 0 aromatic rings. The summed E-state index contributed by atoms with van der Waals surface area (Å²) in [5.41, 5.74) is 0. The summed E-state index contributed by atoms with van der Waals surface area (Å²) in [5, 5.41) is 8.65. The molecule has 0 atom stereocenters. The van der Waals surface area contributed by atoms with Crippen LogP contribution in [0.5, 0.6) is 0 Å². The quantitative estimate of drug-likeness (QED) is 0.661. The van der Waals surface area contributed by atoms with Crippen molar-refractivity contribution in [1.82, 2.24) is 9.80 Å². The van der Waals surface area contributed by atoms with E-state index in [9.17, 15) is 9.59 Å². The molecule has 2 amide bonds. The molecule has 0 aromatic heterocycles. The van der Waals surface area contributed by atoms with Gasteiger partial charge in [-0.15, -0.1) is 0 Å². The zero-order valence-electron chi connectivity index (χ0n) is 8.81. The van der Waals surface area contributed by atoms with Crippen molar-refractivity contribution in [1.29, 1.82) is 0 Å². The molecule has 1 aliphatic rings. The highest BCUT2D eigenvalue weighted by atomic mass is 16.6. The Hall–Kier alpha value is -1.30. The number of hydrogen-bond donors (Lipinski definition) is 1. The lowest BCUT2D eigenvalue weighted by Crippen LogP contribution is -2.51. The lowest BCUT2D eigenvalue weighted by atomic mass is 10.3. The molecular formula is C9H16N2O4. The molecule has 1 aliphatic heterocycles. The molecular weight excluding hydrogens is 200 g/mol. The summed E-state index contributed by atoms with van der Waals surface area (Å²) in [6.45, 7) is 3.48. The van der Waals surface area contributed by atoms with Crippen LogP contribution >= 0.6 is 0 Å². The second kappa shape index (κ2) is 5.55. The minimum absolute atomic E-state index is 0.293. The van der Waals surface area contributed by atoms with E-state index >= 15 is 0 Å². The monoisotopic (exact) mass is 216 g/mol. The molecule has 15 heavy (non-hydrogen) atoms. The first-order chi connectivity index (χ1) is 7.19. The minimum atomic E-state index is -0.473. The standard InChI is InChI=1S/C9H16N2O4/c1-2-15-9(14)11-5-3-10(4-6-11)8(13)7-12/h12H,2-7H2,1H3. The number of carbonyl (C=O) groups is 2. The van der Waals surface area contributed by atoms with E-state index in [-0.39, 0.29) is 12.0 Å². The number of aliphatic hydroxyl groups excluding tert-OH is 1. The summed E-state index contributed by atoms with van der Waals surface area (Å²) in [4.78, 5) is 25.5. The normalized spacial score (nSPS) is 16.4. The number of rotatable bonds is 2. The van der Waals surface area contributed by atoms with Crippen molar-refractivity contribution in [2.45, 2.75) is 6.92 Å². The van der Waals surface area contributed by atoms with Crippen LogP contribution < -0.4 is 0 Å². The topological polar surface area (TPSA) is 70.1 Å². The minimum Gasteiger partial charge on any atom is -0.450 e. The van der Waals surface area contributed by atoms with Gasteiger partial charge in [0.15, 0.2) is 0 Å². The lowest BCUT2D eigenvalue weighted by Gasteiger charge is -2.33. The zero-order chi connectivity index (χ0) is 11.3. The van der Waals surface area contributed by atoms with Gasteiger partial charge in [-0.1, -0.05) is 0 Å². The van der Waals surface area contributed by atoms with E-state index in [1.165, 1.54) is 4.90 Å². The molecule has 0 spiro atoms. The van der Waals surface area contributed by atoms with Gasteiger partial charge < -0.3 is 19.6 Å². The number of aliphatic hydroxyl groups is 1. The van der Waals surface area contributed by atoms with E-state index in [0.29, 0.717) is 32.8 Å². The molecule has 1 N–H and O–H groups in total. The molecule has 1 saturated heterocycles. The molecule has 0 saturated carbocycles. The van der Waals surface area contributed by atoms with Crippen LogP contribution in [0.25, 0.3) is 0 Å². The van der Waals surface area contributed by atoms with E-state index < -0.39 is 6.61 Å². The van der Waals surface area contributed by atoms with Gasteiger partial charge in [0.1, 0.15) is 6.61 Å². The Morgan fingerprint density at radius 1 is 1.20 bits per heavy atom. The summed E-state index contributed by atoms with van der Waals surface area (Å²) in [6, 6.07) is 0. The first-order valence-corrected chi connectivity index (χ1v) is 4.99. The van der Waals surface area contributed by atoms with Crippen molar-refractivity contribution in [3.8, 4) is 0 Å². The fourth-order valence-corrected chi connectivity index (χ4v) is 1.45. The average molecular weight is 216 g/mol. The maximum atomic E-state index is 11.3. The number of piperazine rings is 1. The van der Waals surface area contributed by atoms with Crippen molar-refractivity contribution in [2.75, 3.05) is 39.4 Å². The largest absolute Gasteiger partial charge is 0.450 e. The lowest BCUT2D eigenvalue weighted by molar-refractivity contribution is -0.135. The first-order valence-electron chi connectivity index (χ1n) is 4.99. The summed E-state index contributed by atoms with van der Waals surface area (Å²) in [5.74, 6) is -0.293. The van der Waals surface area contributed by atoms with Crippen molar-refractivity contribution < 1.29 is 19.4 Å². The maximum absolute atomic E-state index is 11.3. The van der Waals surface area contributed by atoms with Crippen molar-refractivity contribution in [2.24, 2.45) is 0 Å². The van der Waals surface area contributed by atoms with E-state index in [4.69, 9.17) is 9.84 Å². The summed E-state index contributed by atoms with van der Waals surface area (Å²) < 4.78 is 4.84. The highest BCUT2D eigenvalue weighted by molar-refractivity contribution is 5.77. The molecule has 6 nitrogen and oxygen atoms in total. The Morgan fingerprint density at radius 2 is 1.73 bits per heavy atom. The number of hydrogen-bond acceptors (Lipinski definition) is 4. The van der Waals surface area contributed by atoms with E-state index in [2.05, 4.69) is 0 Å². The summed E-state index contributed by atoms with van der Waals surface area (Å²) >= 11 is 0. The van der Waals surface area contributed by atoms with Crippen LogP contribution in [0.15, 0.2) is 0 Å². The predicted octanol–water partition coefficient (Wildman–Crippen LogP) is -0.721. The molecule has 1 fully saturated rings. The number of ether oxygens (including phenoxy) is 1. The van der Waals surface area contributed by atoms with E-state index in [1.807, 2.05) is 0 Å². The van der Waals surface area contributed by atoms with Crippen molar-refractivity contribution in [3.63, 3.8) is 0 Å². The second-order valence-electron chi connectivity index (χ2n) is 3.22. The molecule has 0 radical (unpaired) electrons. The van der Waals surface area contributed by atoms with Gasteiger partial charge in [0.25, 0.3) is 0 Å². The molecule has 0 unspecified atom stereocenters. The third-order valence-electron chi connectivity index (χ3n) is 2.29. The van der Waals surface area contributed by atoms with Gasteiger partial charge in [0.05, 0.1) is 6.61 Å². The maximum Gasteiger partial charge on any atom is 0.409 e. The van der Waals surface area contributed by atoms with Crippen LogP contribution in [-0.4, -0.2) is 66.3 Å². The van der Waals surface area contributed by atoms with E-state index in [0.717, 1.165) is 0 Å². The number of carbonyl (C=O) groups excluding carboxylic acids is 2. The first kappa shape index (κ1) is 11.8.